The Balaban J connectivity index is 1.88. The van der Waals surface area contributed by atoms with Crippen LogP contribution in [0.25, 0.3) is 0 Å². The minimum atomic E-state index is -0.563. The average Bonchev–Trinajstić information content (AvgIpc) is 2.79. The molecule has 2 fully saturated rings. The number of rotatable bonds is 2. The third-order valence-electron chi connectivity index (χ3n) is 3.00. The molecule has 96 valence electrons. The smallest absolute Gasteiger partial charge is 0.347 e. The maximum atomic E-state index is 11.9. The summed E-state index contributed by atoms with van der Waals surface area (Å²) in [6, 6.07) is -1.10. The summed E-state index contributed by atoms with van der Waals surface area (Å²) in [5, 5.41) is 1.57. The van der Waals surface area contributed by atoms with Crippen LogP contribution in [0.5, 0.6) is 0 Å². The van der Waals surface area contributed by atoms with Gasteiger partial charge in [0.05, 0.1) is 26.3 Å². The summed E-state index contributed by atoms with van der Waals surface area (Å²) in [7, 11) is 0. The van der Waals surface area contributed by atoms with Gasteiger partial charge in [0.1, 0.15) is 6.04 Å². The third kappa shape index (κ3) is 2.86. The van der Waals surface area contributed by atoms with E-state index in [4.69, 9.17) is 15.3 Å². The average molecular weight is 243 g/mol. The van der Waals surface area contributed by atoms with Crippen LogP contribution in [-0.4, -0.2) is 60.9 Å². The van der Waals surface area contributed by atoms with Crippen molar-refractivity contribution < 1.29 is 19.2 Å². The van der Waals surface area contributed by atoms with Crippen molar-refractivity contribution in [1.82, 2.24) is 9.96 Å². The molecule has 2 saturated heterocycles. The number of hydroxylamine groups is 2. The lowest BCUT2D eigenvalue weighted by Gasteiger charge is -2.28. The maximum Gasteiger partial charge on any atom is 0.347 e. The van der Waals surface area contributed by atoms with Gasteiger partial charge in [0.2, 0.25) is 0 Å². The van der Waals surface area contributed by atoms with Crippen LogP contribution in [-0.2, 0) is 14.4 Å². The Morgan fingerprint density at radius 3 is 2.59 bits per heavy atom. The molecule has 0 aliphatic carbocycles. The summed E-state index contributed by atoms with van der Waals surface area (Å²) in [5.41, 5.74) is 5.20. The molecule has 1 unspecified atom stereocenters. The number of urea groups is 1. The highest BCUT2D eigenvalue weighted by Crippen LogP contribution is 2.18. The molecule has 2 rings (SSSR count). The highest BCUT2D eigenvalue weighted by atomic mass is 16.7. The molecule has 1 atom stereocenters. The molecule has 2 aliphatic heterocycles. The summed E-state index contributed by atoms with van der Waals surface area (Å²) < 4.78 is 5.15. The number of hydrogen-bond acceptors (Lipinski definition) is 5. The molecule has 2 amide bonds. The first-order valence-electron chi connectivity index (χ1n) is 5.79. The van der Waals surface area contributed by atoms with Crippen LogP contribution in [0.2, 0.25) is 0 Å². The highest BCUT2D eigenvalue weighted by molar-refractivity contribution is 5.83. The second-order valence-corrected chi connectivity index (χ2v) is 4.14. The first-order valence-corrected chi connectivity index (χ1v) is 5.79. The molecule has 2 aliphatic rings. The van der Waals surface area contributed by atoms with E-state index in [-0.39, 0.29) is 0 Å². The minimum absolute atomic E-state index is 0.400. The van der Waals surface area contributed by atoms with E-state index in [0.717, 1.165) is 6.42 Å². The second kappa shape index (κ2) is 5.33. The van der Waals surface area contributed by atoms with Gasteiger partial charge in [-0.3, -0.25) is 0 Å². The molecule has 0 bridgehead atoms. The lowest BCUT2D eigenvalue weighted by molar-refractivity contribution is -0.209. The molecule has 7 heteroatoms. The second-order valence-electron chi connectivity index (χ2n) is 4.14. The largest absolute Gasteiger partial charge is 0.379 e. The Morgan fingerprint density at radius 2 is 1.94 bits per heavy atom. The van der Waals surface area contributed by atoms with Gasteiger partial charge in [0.15, 0.2) is 0 Å². The first kappa shape index (κ1) is 12.1. The van der Waals surface area contributed by atoms with Gasteiger partial charge in [0.25, 0.3) is 0 Å². The van der Waals surface area contributed by atoms with Crippen LogP contribution in [0.15, 0.2) is 0 Å². The van der Waals surface area contributed by atoms with E-state index in [9.17, 15) is 9.59 Å². The van der Waals surface area contributed by atoms with E-state index in [1.54, 1.807) is 5.06 Å². The van der Waals surface area contributed by atoms with Crippen LogP contribution in [0.1, 0.15) is 12.8 Å². The number of hydrogen-bond donors (Lipinski definition) is 1. The van der Waals surface area contributed by atoms with Gasteiger partial charge in [-0.2, -0.15) is 0 Å². The molecule has 0 aromatic rings. The molecule has 7 nitrogen and oxygen atoms in total. The third-order valence-corrected chi connectivity index (χ3v) is 3.00. The molecule has 0 aromatic carbocycles. The number of likely N-dealkylation sites (tertiary alicyclic amines) is 1. The summed E-state index contributed by atoms with van der Waals surface area (Å²) in [6.07, 6.45) is 1.40. The monoisotopic (exact) mass is 243 g/mol. The first-order chi connectivity index (χ1) is 8.18. The van der Waals surface area contributed by atoms with Gasteiger partial charge in [0, 0.05) is 6.54 Å². The summed E-state index contributed by atoms with van der Waals surface area (Å²) in [5.74, 6) is -0.400. The van der Waals surface area contributed by atoms with Crippen molar-refractivity contribution in [3.8, 4) is 0 Å². The van der Waals surface area contributed by atoms with Crippen molar-refractivity contribution in [2.75, 3.05) is 32.8 Å². The molecule has 2 heterocycles. The zero-order valence-corrected chi connectivity index (χ0v) is 9.63. The number of morpholine rings is 1. The van der Waals surface area contributed by atoms with E-state index in [1.165, 1.54) is 4.90 Å². The molecule has 0 radical (unpaired) electrons. The van der Waals surface area contributed by atoms with Crippen LogP contribution >= 0.6 is 0 Å². The maximum absolute atomic E-state index is 11.9. The Hall–Kier alpha value is -1.34. The van der Waals surface area contributed by atoms with E-state index < -0.39 is 18.0 Å². The van der Waals surface area contributed by atoms with E-state index in [2.05, 4.69) is 0 Å². The van der Waals surface area contributed by atoms with Gasteiger partial charge in [-0.15, -0.1) is 5.06 Å². The zero-order valence-electron chi connectivity index (χ0n) is 9.63. The Bertz CT molecular complexity index is 304. The van der Waals surface area contributed by atoms with Crippen LogP contribution in [0.4, 0.5) is 4.79 Å². The number of carbonyl (C=O) groups is 2. The van der Waals surface area contributed by atoms with Crippen molar-refractivity contribution in [3.63, 3.8) is 0 Å². The minimum Gasteiger partial charge on any atom is -0.379 e. The SMILES string of the molecule is NC(=O)N1CCCC1C(=O)ON1CCOCC1. The standard InChI is InChI=1S/C10H17N3O4/c11-10(15)13-3-1-2-8(13)9(14)17-12-4-6-16-7-5-12/h8H,1-7H2,(H2,11,15). The topological polar surface area (TPSA) is 85.1 Å². The fourth-order valence-corrected chi connectivity index (χ4v) is 2.10. The summed E-state index contributed by atoms with van der Waals surface area (Å²) in [6.45, 7) is 2.76. The van der Waals surface area contributed by atoms with Gasteiger partial charge in [-0.05, 0) is 12.8 Å². The number of carbonyl (C=O) groups excluding carboxylic acids is 2. The number of nitrogens with zero attached hydrogens (tertiary/aromatic N) is 2. The number of primary amides is 1. The zero-order chi connectivity index (χ0) is 12.3. The number of nitrogens with two attached hydrogens (primary N) is 1. The highest BCUT2D eigenvalue weighted by Gasteiger charge is 2.35. The molecular formula is C10H17N3O4. The van der Waals surface area contributed by atoms with Crippen LogP contribution < -0.4 is 5.73 Å². The van der Waals surface area contributed by atoms with Gasteiger partial charge >= 0.3 is 12.0 Å². The van der Waals surface area contributed by atoms with Gasteiger partial charge in [-0.25, -0.2) is 9.59 Å². The quantitative estimate of drug-likeness (QED) is 0.694. The van der Waals surface area contributed by atoms with E-state index in [1.807, 2.05) is 0 Å². The van der Waals surface area contributed by atoms with Gasteiger partial charge < -0.3 is 20.2 Å². The molecule has 0 aromatic heterocycles. The van der Waals surface area contributed by atoms with Crippen LogP contribution in [0.3, 0.4) is 0 Å². The molecule has 0 spiro atoms. The summed E-state index contributed by atoms with van der Waals surface area (Å²) >= 11 is 0. The normalized spacial score (nSPS) is 25.9. The number of ether oxygens (including phenoxy) is 1. The van der Waals surface area contributed by atoms with Crippen molar-refractivity contribution in [1.29, 1.82) is 0 Å². The predicted molar refractivity (Wildman–Crippen MR) is 57.8 cm³/mol. The lowest BCUT2D eigenvalue weighted by atomic mass is 10.2. The van der Waals surface area contributed by atoms with Crippen molar-refractivity contribution in [2.24, 2.45) is 5.73 Å². The van der Waals surface area contributed by atoms with Crippen molar-refractivity contribution >= 4 is 12.0 Å². The van der Waals surface area contributed by atoms with Crippen molar-refractivity contribution in [2.45, 2.75) is 18.9 Å². The lowest BCUT2D eigenvalue weighted by Crippen LogP contribution is -2.47. The molecule has 17 heavy (non-hydrogen) atoms. The molecule has 0 saturated carbocycles. The number of amides is 2. The van der Waals surface area contributed by atoms with Gasteiger partial charge in [-0.1, -0.05) is 0 Å². The van der Waals surface area contributed by atoms with E-state index in [0.29, 0.717) is 39.3 Å². The Morgan fingerprint density at radius 1 is 1.24 bits per heavy atom. The van der Waals surface area contributed by atoms with E-state index >= 15 is 0 Å². The Kier molecular flexibility index (Phi) is 3.80. The Labute approximate surface area is 99.4 Å². The molecular weight excluding hydrogens is 226 g/mol. The molecule has 2 N–H and O–H groups in total. The summed E-state index contributed by atoms with van der Waals surface area (Å²) in [4.78, 5) is 29.6. The van der Waals surface area contributed by atoms with Crippen molar-refractivity contribution in [3.05, 3.63) is 0 Å². The fraction of sp³-hybridized carbons (Fsp3) is 0.800. The fourth-order valence-electron chi connectivity index (χ4n) is 2.10. The van der Waals surface area contributed by atoms with Crippen LogP contribution in [0, 0.1) is 0 Å². The predicted octanol–water partition coefficient (Wildman–Crippen LogP) is -0.680.